The Bertz CT molecular complexity index is 683. The van der Waals surface area contributed by atoms with Gasteiger partial charge in [0.15, 0.2) is 0 Å². The van der Waals surface area contributed by atoms with Gasteiger partial charge < -0.3 is 15.8 Å². The number of thiophene rings is 1. The number of carbonyl (C=O) groups excluding carboxylic acids is 1. The van der Waals surface area contributed by atoms with Gasteiger partial charge in [0.2, 0.25) is 0 Å². The fraction of sp³-hybridized carbons (Fsp3) is 0.188. The summed E-state index contributed by atoms with van der Waals surface area (Å²) in [7, 11) is 1.62. The first-order chi connectivity index (χ1) is 10.2. The summed E-state index contributed by atoms with van der Waals surface area (Å²) >= 11 is 1.37. The van der Waals surface area contributed by atoms with Crippen molar-refractivity contribution in [1.82, 2.24) is 5.32 Å². The third-order valence-corrected chi connectivity index (χ3v) is 3.70. The zero-order chi connectivity index (χ0) is 15.1. The lowest BCUT2D eigenvalue weighted by Gasteiger charge is -2.06. The van der Waals surface area contributed by atoms with Crippen molar-refractivity contribution in [3.63, 3.8) is 0 Å². The topological polar surface area (TPSA) is 64.3 Å². The Morgan fingerprint density at radius 3 is 3.05 bits per heavy atom. The van der Waals surface area contributed by atoms with Crippen LogP contribution in [0.2, 0.25) is 0 Å². The van der Waals surface area contributed by atoms with Crippen LogP contribution in [0.4, 0.5) is 0 Å². The van der Waals surface area contributed by atoms with Crippen molar-refractivity contribution < 1.29 is 9.53 Å². The molecule has 0 fully saturated rings. The second-order valence-electron chi connectivity index (χ2n) is 4.20. The lowest BCUT2D eigenvalue weighted by molar-refractivity contribution is 0.0954. The van der Waals surface area contributed by atoms with Crippen molar-refractivity contribution in [2.24, 2.45) is 5.73 Å². The van der Waals surface area contributed by atoms with E-state index in [9.17, 15) is 4.79 Å². The molecule has 5 heteroatoms. The van der Waals surface area contributed by atoms with Crippen LogP contribution in [0.5, 0.6) is 5.75 Å². The Kier molecular flexibility index (Phi) is 5.38. The van der Waals surface area contributed by atoms with Crippen molar-refractivity contribution in [1.29, 1.82) is 0 Å². The maximum absolute atomic E-state index is 12.2. The molecular weight excluding hydrogens is 284 g/mol. The number of nitrogens with one attached hydrogen (secondary N) is 1. The van der Waals surface area contributed by atoms with E-state index in [2.05, 4.69) is 17.2 Å². The number of carbonyl (C=O) groups is 1. The number of hydrogen-bond acceptors (Lipinski definition) is 4. The highest BCUT2D eigenvalue weighted by Crippen LogP contribution is 2.16. The molecule has 4 nitrogen and oxygen atoms in total. The number of benzene rings is 1. The third-order valence-electron chi connectivity index (χ3n) is 2.78. The minimum absolute atomic E-state index is 0.130. The standard InChI is InChI=1S/C16H16N2O2S/c1-20-14-6-2-4-12(10-14)11-18-16(19)15-13(5-3-8-17)7-9-21-15/h2,4,6-7,9-10H,8,11,17H2,1H3,(H,18,19). The van der Waals surface area contributed by atoms with E-state index in [0.29, 0.717) is 17.0 Å². The van der Waals surface area contributed by atoms with Crippen molar-refractivity contribution in [3.05, 3.63) is 51.7 Å². The summed E-state index contributed by atoms with van der Waals surface area (Å²) in [5.41, 5.74) is 7.05. The van der Waals surface area contributed by atoms with Crippen LogP contribution in [0, 0.1) is 11.8 Å². The maximum atomic E-state index is 12.2. The van der Waals surface area contributed by atoms with Gasteiger partial charge >= 0.3 is 0 Å². The van der Waals surface area contributed by atoms with Crippen LogP contribution in [0.1, 0.15) is 20.8 Å². The van der Waals surface area contributed by atoms with Gasteiger partial charge in [0, 0.05) is 12.1 Å². The average molecular weight is 300 g/mol. The summed E-state index contributed by atoms with van der Waals surface area (Å²) < 4.78 is 5.16. The largest absolute Gasteiger partial charge is 0.497 e. The summed E-state index contributed by atoms with van der Waals surface area (Å²) in [5, 5.41) is 4.73. The monoisotopic (exact) mass is 300 g/mol. The molecule has 0 aliphatic heterocycles. The molecule has 1 aromatic heterocycles. The van der Waals surface area contributed by atoms with E-state index in [4.69, 9.17) is 10.5 Å². The Hall–Kier alpha value is -2.29. The molecule has 1 aromatic carbocycles. The van der Waals surface area contributed by atoms with Gasteiger partial charge in [-0.05, 0) is 29.1 Å². The van der Waals surface area contributed by atoms with E-state index < -0.39 is 0 Å². The van der Waals surface area contributed by atoms with Gasteiger partial charge in [0.25, 0.3) is 5.91 Å². The Morgan fingerprint density at radius 2 is 2.29 bits per heavy atom. The van der Waals surface area contributed by atoms with Gasteiger partial charge in [-0.3, -0.25) is 4.79 Å². The Labute approximate surface area is 127 Å². The fourth-order valence-electron chi connectivity index (χ4n) is 1.77. The quantitative estimate of drug-likeness (QED) is 0.849. The van der Waals surface area contributed by atoms with Crippen LogP contribution < -0.4 is 15.8 Å². The molecule has 0 spiro atoms. The fourth-order valence-corrected chi connectivity index (χ4v) is 2.54. The van der Waals surface area contributed by atoms with Crippen LogP contribution >= 0.6 is 11.3 Å². The van der Waals surface area contributed by atoms with Crippen LogP contribution in [-0.2, 0) is 6.54 Å². The zero-order valence-corrected chi connectivity index (χ0v) is 12.5. The molecule has 0 radical (unpaired) electrons. The number of rotatable bonds is 4. The molecule has 0 aliphatic rings. The van der Waals surface area contributed by atoms with Gasteiger partial charge in [0.05, 0.1) is 13.7 Å². The first kappa shape index (κ1) is 15.1. The van der Waals surface area contributed by atoms with E-state index in [1.54, 1.807) is 7.11 Å². The molecular formula is C16H16N2O2S. The van der Waals surface area contributed by atoms with Gasteiger partial charge in [-0.1, -0.05) is 24.0 Å². The molecule has 3 N–H and O–H groups in total. The van der Waals surface area contributed by atoms with Crippen LogP contribution in [0.15, 0.2) is 35.7 Å². The minimum Gasteiger partial charge on any atom is -0.497 e. The van der Waals surface area contributed by atoms with E-state index in [0.717, 1.165) is 11.3 Å². The second kappa shape index (κ2) is 7.48. The molecule has 2 rings (SSSR count). The van der Waals surface area contributed by atoms with Crippen molar-refractivity contribution in [2.75, 3.05) is 13.7 Å². The molecule has 21 heavy (non-hydrogen) atoms. The number of methoxy groups -OCH3 is 1. The second-order valence-corrected chi connectivity index (χ2v) is 5.12. The minimum atomic E-state index is -0.130. The van der Waals surface area contributed by atoms with Crippen LogP contribution in [0.3, 0.4) is 0 Å². The van der Waals surface area contributed by atoms with E-state index in [1.165, 1.54) is 11.3 Å². The van der Waals surface area contributed by atoms with Crippen molar-refractivity contribution in [2.45, 2.75) is 6.54 Å². The molecule has 0 saturated carbocycles. The van der Waals surface area contributed by atoms with Crippen molar-refractivity contribution >= 4 is 17.2 Å². The highest BCUT2D eigenvalue weighted by Gasteiger charge is 2.11. The van der Waals surface area contributed by atoms with Gasteiger partial charge in [-0.15, -0.1) is 11.3 Å². The lowest BCUT2D eigenvalue weighted by atomic mass is 10.2. The molecule has 0 bridgehead atoms. The number of nitrogens with two attached hydrogens (primary N) is 1. The van der Waals surface area contributed by atoms with Gasteiger partial charge in [-0.2, -0.15) is 0 Å². The number of hydrogen-bond donors (Lipinski definition) is 2. The predicted molar refractivity (Wildman–Crippen MR) is 84.4 cm³/mol. The van der Waals surface area contributed by atoms with E-state index >= 15 is 0 Å². The number of amides is 1. The molecule has 0 saturated heterocycles. The van der Waals surface area contributed by atoms with Gasteiger partial charge in [0.1, 0.15) is 10.6 Å². The molecule has 1 amide bonds. The van der Waals surface area contributed by atoms with Crippen molar-refractivity contribution in [3.8, 4) is 17.6 Å². The summed E-state index contributed by atoms with van der Waals surface area (Å²) in [5.74, 6) is 6.31. The van der Waals surface area contributed by atoms with Gasteiger partial charge in [-0.25, -0.2) is 0 Å². The zero-order valence-electron chi connectivity index (χ0n) is 11.7. The summed E-state index contributed by atoms with van der Waals surface area (Å²) in [6, 6.07) is 9.42. The summed E-state index contributed by atoms with van der Waals surface area (Å²) in [6.45, 7) is 0.721. The summed E-state index contributed by atoms with van der Waals surface area (Å²) in [6.07, 6.45) is 0. The maximum Gasteiger partial charge on any atom is 0.262 e. The molecule has 2 aromatic rings. The molecule has 0 aliphatic carbocycles. The van der Waals surface area contributed by atoms with E-state index in [-0.39, 0.29) is 12.5 Å². The SMILES string of the molecule is COc1cccc(CNC(=O)c2sccc2C#CCN)c1. The van der Waals surface area contributed by atoms with E-state index in [1.807, 2.05) is 35.7 Å². The first-order valence-electron chi connectivity index (χ1n) is 6.42. The Morgan fingerprint density at radius 1 is 1.43 bits per heavy atom. The highest BCUT2D eigenvalue weighted by atomic mass is 32.1. The molecule has 108 valence electrons. The summed E-state index contributed by atoms with van der Waals surface area (Å²) in [4.78, 5) is 12.8. The molecule has 0 atom stereocenters. The third kappa shape index (κ3) is 4.09. The Balaban J connectivity index is 2.03. The molecule has 0 unspecified atom stereocenters. The molecule has 1 heterocycles. The normalized spacial score (nSPS) is 9.62. The highest BCUT2D eigenvalue weighted by molar-refractivity contribution is 7.12. The number of ether oxygens (including phenoxy) is 1. The predicted octanol–water partition coefficient (Wildman–Crippen LogP) is 2.00. The first-order valence-corrected chi connectivity index (χ1v) is 7.30. The smallest absolute Gasteiger partial charge is 0.262 e. The van der Waals surface area contributed by atoms with Crippen LogP contribution in [0.25, 0.3) is 0 Å². The lowest BCUT2D eigenvalue weighted by Crippen LogP contribution is -2.22. The van der Waals surface area contributed by atoms with Crippen LogP contribution in [-0.4, -0.2) is 19.6 Å². The average Bonchev–Trinajstić information content (AvgIpc) is 2.99.